The maximum atomic E-state index is 12.1. The van der Waals surface area contributed by atoms with Gasteiger partial charge in [-0.2, -0.15) is 0 Å². The quantitative estimate of drug-likeness (QED) is 0.674. The molecule has 0 spiro atoms. The predicted molar refractivity (Wildman–Crippen MR) is 77.0 cm³/mol. The zero-order chi connectivity index (χ0) is 15.0. The minimum absolute atomic E-state index is 0.0243. The summed E-state index contributed by atoms with van der Waals surface area (Å²) in [6.07, 6.45) is 0. The van der Waals surface area contributed by atoms with Gasteiger partial charge in [-0.25, -0.2) is 4.79 Å². The van der Waals surface area contributed by atoms with E-state index in [-0.39, 0.29) is 5.56 Å². The number of hydrogen-bond donors (Lipinski definition) is 0. The second-order valence-electron chi connectivity index (χ2n) is 4.86. The Morgan fingerprint density at radius 2 is 1.90 bits per heavy atom. The van der Waals surface area contributed by atoms with Gasteiger partial charge in [-0.3, -0.25) is 0 Å². The lowest BCUT2D eigenvalue weighted by Crippen LogP contribution is -2.22. The highest BCUT2D eigenvalue weighted by Crippen LogP contribution is 2.22. The summed E-state index contributed by atoms with van der Waals surface area (Å²) in [5.41, 5.74) is 1.90. The Bertz CT molecular complexity index is 906. The van der Waals surface area contributed by atoms with Crippen molar-refractivity contribution in [2.24, 2.45) is 0 Å². The first kappa shape index (κ1) is 13.1. The van der Waals surface area contributed by atoms with Gasteiger partial charge in [0, 0.05) is 5.39 Å². The molecule has 2 aromatic carbocycles. The molecule has 0 radical (unpaired) electrons. The summed E-state index contributed by atoms with van der Waals surface area (Å²) in [6, 6.07) is 13.3. The van der Waals surface area contributed by atoms with E-state index in [0.717, 1.165) is 10.9 Å². The van der Waals surface area contributed by atoms with E-state index in [1.54, 1.807) is 24.3 Å². The molecule has 0 aliphatic heterocycles. The fourth-order valence-electron chi connectivity index (χ4n) is 2.26. The van der Waals surface area contributed by atoms with E-state index in [4.69, 9.17) is 4.42 Å². The third-order valence-electron chi connectivity index (χ3n) is 3.30. The van der Waals surface area contributed by atoms with Crippen molar-refractivity contribution < 1.29 is 14.3 Å². The number of aromatic carboxylic acids is 1. The number of carbonyl (C=O) groups is 1. The first-order chi connectivity index (χ1) is 10.0. The number of aryl methyl sites for hydroxylation is 1. The van der Waals surface area contributed by atoms with Gasteiger partial charge in [-0.1, -0.05) is 29.8 Å². The second kappa shape index (κ2) is 4.90. The Balaban J connectivity index is 2.24. The van der Waals surface area contributed by atoms with Crippen LogP contribution in [-0.4, -0.2) is 5.97 Å². The van der Waals surface area contributed by atoms with Crippen LogP contribution in [0.1, 0.15) is 15.9 Å². The van der Waals surface area contributed by atoms with Crippen LogP contribution in [0.3, 0.4) is 0 Å². The van der Waals surface area contributed by atoms with E-state index >= 15 is 0 Å². The van der Waals surface area contributed by atoms with Gasteiger partial charge in [0.1, 0.15) is 5.58 Å². The average molecular weight is 279 g/mol. The van der Waals surface area contributed by atoms with Crippen LogP contribution in [0.25, 0.3) is 22.1 Å². The van der Waals surface area contributed by atoms with Crippen LogP contribution in [0, 0.1) is 6.92 Å². The minimum Gasteiger partial charge on any atom is -0.545 e. The summed E-state index contributed by atoms with van der Waals surface area (Å²) < 4.78 is 5.28. The molecule has 104 valence electrons. The summed E-state index contributed by atoms with van der Waals surface area (Å²) >= 11 is 0. The Hall–Kier alpha value is -2.88. The highest BCUT2D eigenvalue weighted by Gasteiger charge is 2.08. The molecule has 0 fully saturated rings. The van der Waals surface area contributed by atoms with E-state index in [1.165, 1.54) is 12.1 Å². The maximum Gasteiger partial charge on any atom is 0.344 e. The van der Waals surface area contributed by atoms with Crippen molar-refractivity contribution >= 4 is 16.9 Å². The molecule has 21 heavy (non-hydrogen) atoms. The van der Waals surface area contributed by atoms with E-state index in [2.05, 4.69) is 0 Å². The minimum atomic E-state index is -1.28. The number of rotatable bonds is 2. The summed E-state index contributed by atoms with van der Waals surface area (Å²) in [5.74, 6) is -1.28. The number of carboxylic acid groups (broad SMARTS) is 1. The third kappa shape index (κ3) is 2.43. The smallest absolute Gasteiger partial charge is 0.344 e. The summed E-state index contributed by atoms with van der Waals surface area (Å²) in [7, 11) is 0. The molecule has 0 saturated heterocycles. The highest BCUT2D eigenvalue weighted by molar-refractivity contribution is 5.88. The summed E-state index contributed by atoms with van der Waals surface area (Å²) in [4.78, 5) is 23.0. The molecule has 4 nitrogen and oxygen atoms in total. The van der Waals surface area contributed by atoms with Crippen molar-refractivity contribution in [1.29, 1.82) is 0 Å². The fourth-order valence-corrected chi connectivity index (χ4v) is 2.26. The van der Waals surface area contributed by atoms with Crippen molar-refractivity contribution in [2.45, 2.75) is 6.92 Å². The zero-order valence-electron chi connectivity index (χ0n) is 11.3. The van der Waals surface area contributed by atoms with Crippen molar-refractivity contribution in [3.05, 3.63) is 70.1 Å². The molecule has 0 N–H and O–H groups in total. The number of carbonyl (C=O) groups excluding carboxylic acids is 1. The SMILES string of the molecule is Cc1ccc2oc(=O)c(-c3cccc(C(=O)[O-])c3)cc2c1. The number of benzene rings is 2. The average Bonchev–Trinajstić information content (AvgIpc) is 2.47. The standard InChI is InChI=1S/C17H12O4/c1-10-5-6-15-13(7-10)9-14(17(20)21-15)11-3-2-4-12(8-11)16(18)19/h2-9H,1H3,(H,18,19)/p-1. The maximum absolute atomic E-state index is 12.1. The highest BCUT2D eigenvalue weighted by atomic mass is 16.4. The predicted octanol–water partition coefficient (Wildman–Crippen LogP) is 2.13. The molecular weight excluding hydrogens is 268 g/mol. The van der Waals surface area contributed by atoms with E-state index in [9.17, 15) is 14.7 Å². The van der Waals surface area contributed by atoms with Crippen LogP contribution in [0.4, 0.5) is 0 Å². The molecule has 0 bridgehead atoms. The zero-order valence-corrected chi connectivity index (χ0v) is 11.3. The largest absolute Gasteiger partial charge is 0.545 e. The van der Waals surface area contributed by atoms with E-state index in [0.29, 0.717) is 16.7 Å². The van der Waals surface area contributed by atoms with Gasteiger partial charge in [0.05, 0.1) is 11.5 Å². The van der Waals surface area contributed by atoms with Gasteiger partial charge >= 0.3 is 5.63 Å². The second-order valence-corrected chi connectivity index (χ2v) is 4.86. The van der Waals surface area contributed by atoms with Crippen LogP contribution in [0.15, 0.2) is 57.7 Å². The molecule has 0 saturated carbocycles. The van der Waals surface area contributed by atoms with Crippen LogP contribution in [0.5, 0.6) is 0 Å². The molecule has 0 amide bonds. The molecule has 3 aromatic rings. The molecular formula is C17H11O4-. The van der Waals surface area contributed by atoms with E-state index < -0.39 is 11.6 Å². The lowest BCUT2D eigenvalue weighted by molar-refractivity contribution is -0.255. The normalized spacial score (nSPS) is 10.7. The molecule has 1 aromatic heterocycles. The third-order valence-corrected chi connectivity index (χ3v) is 3.30. The van der Waals surface area contributed by atoms with Crippen LogP contribution < -0.4 is 10.7 Å². The van der Waals surface area contributed by atoms with Crippen LogP contribution in [-0.2, 0) is 0 Å². The van der Waals surface area contributed by atoms with Crippen LogP contribution in [0.2, 0.25) is 0 Å². The lowest BCUT2D eigenvalue weighted by atomic mass is 10.0. The number of carboxylic acids is 1. The Morgan fingerprint density at radius 3 is 2.67 bits per heavy atom. The van der Waals surface area contributed by atoms with Gasteiger partial charge in [0.15, 0.2) is 0 Å². The summed E-state index contributed by atoms with van der Waals surface area (Å²) in [5, 5.41) is 11.7. The van der Waals surface area contributed by atoms with Gasteiger partial charge in [0.25, 0.3) is 0 Å². The molecule has 3 rings (SSSR count). The number of hydrogen-bond acceptors (Lipinski definition) is 4. The Kier molecular flexibility index (Phi) is 3.06. The van der Waals surface area contributed by atoms with Crippen LogP contribution >= 0.6 is 0 Å². The summed E-state index contributed by atoms with van der Waals surface area (Å²) in [6.45, 7) is 1.95. The number of fused-ring (bicyclic) bond motifs is 1. The van der Waals surface area contributed by atoms with Gasteiger partial charge < -0.3 is 14.3 Å². The molecule has 0 unspecified atom stereocenters. The monoisotopic (exact) mass is 279 g/mol. The van der Waals surface area contributed by atoms with Gasteiger partial charge in [-0.05, 0) is 42.3 Å². The molecule has 0 atom stereocenters. The Labute approximate surface area is 120 Å². The van der Waals surface area contributed by atoms with Gasteiger partial charge in [0.2, 0.25) is 0 Å². The molecule has 0 aliphatic carbocycles. The Morgan fingerprint density at radius 1 is 1.10 bits per heavy atom. The first-order valence-corrected chi connectivity index (χ1v) is 6.41. The molecule has 1 heterocycles. The first-order valence-electron chi connectivity index (χ1n) is 6.41. The van der Waals surface area contributed by atoms with Crippen molar-refractivity contribution in [3.8, 4) is 11.1 Å². The molecule has 4 heteroatoms. The van der Waals surface area contributed by atoms with E-state index in [1.807, 2.05) is 19.1 Å². The van der Waals surface area contributed by atoms with Crippen molar-refractivity contribution in [2.75, 3.05) is 0 Å². The topological polar surface area (TPSA) is 70.3 Å². The van der Waals surface area contributed by atoms with Crippen molar-refractivity contribution in [3.63, 3.8) is 0 Å². The lowest BCUT2D eigenvalue weighted by Gasteiger charge is -2.06. The van der Waals surface area contributed by atoms with Crippen molar-refractivity contribution in [1.82, 2.24) is 0 Å². The van der Waals surface area contributed by atoms with Gasteiger partial charge in [-0.15, -0.1) is 0 Å². The fraction of sp³-hybridized carbons (Fsp3) is 0.0588. The molecule has 0 aliphatic rings.